The summed E-state index contributed by atoms with van der Waals surface area (Å²) in [7, 11) is 0. The van der Waals surface area contributed by atoms with Crippen molar-refractivity contribution in [2.75, 3.05) is 11.5 Å². The van der Waals surface area contributed by atoms with Crippen molar-refractivity contribution < 1.29 is 0 Å². The van der Waals surface area contributed by atoms with Crippen molar-refractivity contribution in [3.63, 3.8) is 0 Å². The van der Waals surface area contributed by atoms with Crippen LogP contribution in [0.15, 0.2) is 17.4 Å². The summed E-state index contributed by atoms with van der Waals surface area (Å²) in [5.74, 6) is 2.32. The number of aromatic nitrogens is 2. The summed E-state index contributed by atoms with van der Waals surface area (Å²) >= 11 is 1.73. The van der Waals surface area contributed by atoms with Gasteiger partial charge in [0.2, 0.25) is 0 Å². The van der Waals surface area contributed by atoms with E-state index in [9.17, 15) is 0 Å². The molecular weight excluding hydrogens is 182 g/mol. The van der Waals surface area contributed by atoms with E-state index in [1.54, 1.807) is 24.2 Å². The zero-order valence-electron chi connectivity index (χ0n) is 8.03. The molecule has 0 fully saturated rings. The Labute approximate surface area is 83.2 Å². The summed E-state index contributed by atoms with van der Waals surface area (Å²) in [4.78, 5) is 8.12. The maximum absolute atomic E-state index is 5.42. The van der Waals surface area contributed by atoms with Crippen LogP contribution in [0.3, 0.4) is 0 Å². The van der Waals surface area contributed by atoms with Crippen LogP contribution in [0.5, 0.6) is 0 Å². The van der Waals surface area contributed by atoms with Gasteiger partial charge in [0.05, 0.1) is 12.4 Å². The molecule has 1 aromatic heterocycles. The number of nitrogens with zero attached hydrogens (tertiary/aromatic N) is 2. The highest BCUT2D eigenvalue weighted by atomic mass is 32.2. The van der Waals surface area contributed by atoms with E-state index in [0.717, 1.165) is 16.7 Å². The van der Waals surface area contributed by atoms with Crippen LogP contribution in [-0.4, -0.2) is 15.7 Å². The average Bonchev–Trinajstić information content (AvgIpc) is 2.08. The summed E-state index contributed by atoms with van der Waals surface area (Å²) in [6, 6.07) is 0. The smallest absolute Gasteiger partial charge is 0.141 e. The lowest BCUT2D eigenvalue weighted by Crippen LogP contribution is -1.93. The largest absolute Gasteiger partial charge is 0.382 e. The highest BCUT2D eigenvalue weighted by Crippen LogP contribution is 2.17. The first-order chi connectivity index (χ1) is 6.18. The molecular formula is C9H15N3S. The Bertz CT molecular complexity index is 246. The standard InChI is InChI=1S/C9H15N3S/c1-7(2)3-4-13-9-6-11-8(10)5-12-9/h5-7H,3-4H2,1-2H3,(H2,10,11). The number of nitrogen functional groups attached to an aromatic ring is 1. The molecule has 0 aliphatic rings. The predicted molar refractivity (Wildman–Crippen MR) is 56.6 cm³/mol. The van der Waals surface area contributed by atoms with Crippen LogP contribution in [0.2, 0.25) is 0 Å². The normalized spacial score (nSPS) is 10.7. The minimum Gasteiger partial charge on any atom is -0.382 e. The maximum Gasteiger partial charge on any atom is 0.141 e. The first-order valence-corrected chi connectivity index (χ1v) is 5.37. The molecule has 0 saturated heterocycles. The minimum atomic E-state index is 0.480. The molecule has 0 atom stereocenters. The Kier molecular flexibility index (Phi) is 4.02. The third-order valence-electron chi connectivity index (χ3n) is 1.59. The highest BCUT2D eigenvalue weighted by Gasteiger charge is 1.98. The molecule has 13 heavy (non-hydrogen) atoms. The van der Waals surface area contributed by atoms with Crippen molar-refractivity contribution >= 4 is 17.6 Å². The molecule has 0 aliphatic carbocycles. The topological polar surface area (TPSA) is 51.8 Å². The lowest BCUT2D eigenvalue weighted by atomic mass is 10.2. The summed E-state index contributed by atoms with van der Waals surface area (Å²) in [6.07, 6.45) is 4.52. The first-order valence-electron chi connectivity index (χ1n) is 4.39. The fourth-order valence-corrected chi connectivity index (χ4v) is 1.85. The molecule has 0 bridgehead atoms. The van der Waals surface area contributed by atoms with Gasteiger partial charge in [-0.3, -0.25) is 0 Å². The molecule has 1 aromatic rings. The van der Waals surface area contributed by atoms with Gasteiger partial charge in [-0.1, -0.05) is 13.8 Å². The maximum atomic E-state index is 5.42. The van der Waals surface area contributed by atoms with E-state index >= 15 is 0 Å². The second kappa shape index (κ2) is 5.07. The molecule has 0 amide bonds. The Balaban J connectivity index is 2.33. The average molecular weight is 197 g/mol. The third kappa shape index (κ3) is 4.12. The molecule has 1 heterocycles. The van der Waals surface area contributed by atoms with Crippen LogP contribution < -0.4 is 5.73 Å². The lowest BCUT2D eigenvalue weighted by molar-refractivity contribution is 0.632. The molecule has 0 spiro atoms. The van der Waals surface area contributed by atoms with Gasteiger partial charge in [-0.2, -0.15) is 0 Å². The van der Waals surface area contributed by atoms with Gasteiger partial charge < -0.3 is 5.73 Å². The monoisotopic (exact) mass is 197 g/mol. The van der Waals surface area contributed by atoms with Crippen LogP contribution in [0.25, 0.3) is 0 Å². The molecule has 4 heteroatoms. The van der Waals surface area contributed by atoms with Crippen LogP contribution >= 0.6 is 11.8 Å². The van der Waals surface area contributed by atoms with Crippen molar-refractivity contribution in [3.05, 3.63) is 12.4 Å². The summed E-state index contributed by atoms with van der Waals surface area (Å²) in [5.41, 5.74) is 5.42. The fraction of sp³-hybridized carbons (Fsp3) is 0.556. The number of rotatable bonds is 4. The van der Waals surface area contributed by atoms with Gasteiger partial charge >= 0.3 is 0 Å². The lowest BCUT2D eigenvalue weighted by Gasteiger charge is -2.03. The van der Waals surface area contributed by atoms with Gasteiger partial charge in [-0.15, -0.1) is 11.8 Å². The molecule has 2 N–H and O–H groups in total. The molecule has 3 nitrogen and oxygen atoms in total. The summed E-state index contributed by atoms with van der Waals surface area (Å²) < 4.78 is 0. The van der Waals surface area contributed by atoms with Crippen LogP contribution in [0, 0.1) is 5.92 Å². The van der Waals surface area contributed by atoms with Crippen LogP contribution in [0.4, 0.5) is 5.82 Å². The summed E-state index contributed by atoms with van der Waals surface area (Å²) in [6.45, 7) is 4.43. The Morgan fingerprint density at radius 1 is 1.38 bits per heavy atom. The van der Waals surface area contributed by atoms with Gasteiger partial charge in [0, 0.05) is 0 Å². The van der Waals surface area contributed by atoms with E-state index in [4.69, 9.17) is 5.73 Å². The fourth-order valence-electron chi connectivity index (χ4n) is 0.800. The van der Waals surface area contributed by atoms with Gasteiger partial charge in [0.1, 0.15) is 10.8 Å². The second-order valence-electron chi connectivity index (χ2n) is 3.31. The number of hydrogen-bond acceptors (Lipinski definition) is 4. The van der Waals surface area contributed by atoms with Gasteiger partial charge in [-0.05, 0) is 18.1 Å². The Morgan fingerprint density at radius 2 is 2.15 bits per heavy atom. The van der Waals surface area contributed by atoms with E-state index in [1.165, 1.54) is 6.42 Å². The van der Waals surface area contributed by atoms with Crippen molar-refractivity contribution in [2.45, 2.75) is 25.3 Å². The minimum absolute atomic E-state index is 0.480. The molecule has 0 saturated carbocycles. The zero-order valence-corrected chi connectivity index (χ0v) is 8.84. The van der Waals surface area contributed by atoms with Crippen molar-refractivity contribution in [1.29, 1.82) is 0 Å². The van der Waals surface area contributed by atoms with E-state index in [0.29, 0.717) is 5.82 Å². The first kappa shape index (κ1) is 10.3. The number of anilines is 1. The van der Waals surface area contributed by atoms with Crippen LogP contribution in [0.1, 0.15) is 20.3 Å². The van der Waals surface area contributed by atoms with E-state index in [-0.39, 0.29) is 0 Å². The van der Waals surface area contributed by atoms with Crippen LogP contribution in [-0.2, 0) is 0 Å². The molecule has 1 rings (SSSR count). The quantitative estimate of drug-likeness (QED) is 0.752. The van der Waals surface area contributed by atoms with Crippen molar-refractivity contribution in [2.24, 2.45) is 5.92 Å². The number of hydrogen-bond donors (Lipinski definition) is 1. The second-order valence-corrected chi connectivity index (χ2v) is 4.43. The zero-order chi connectivity index (χ0) is 9.68. The molecule has 0 aromatic carbocycles. The summed E-state index contributed by atoms with van der Waals surface area (Å²) in [5, 5.41) is 0.954. The Morgan fingerprint density at radius 3 is 2.69 bits per heavy atom. The molecule has 0 unspecified atom stereocenters. The van der Waals surface area contributed by atoms with Gasteiger partial charge in [0.15, 0.2) is 0 Å². The molecule has 0 aliphatic heterocycles. The Hall–Kier alpha value is -0.770. The third-order valence-corrected chi connectivity index (χ3v) is 2.54. The molecule has 0 radical (unpaired) electrons. The molecule has 72 valence electrons. The van der Waals surface area contributed by atoms with Gasteiger partial charge in [0.25, 0.3) is 0 Å². The highest BCUT2D eigenvalue weighted by molar-refractivity contribution is 7.99. The number of nitrogens with two attached hydrogens (primary N) is 1. The van der Waals surface area contributed by atoms with E-state index in [1.807, 2.05) is 0 Å². The number of thioether (sulfide) groups is 1. The van der Waals surface area contributed by atoms with Gasteiger partial charge in [-0.25, -0.2) is 9.97 Å². The SMILES string of the molecule is CC(C)CCSc1cnc(N)cn1. The van der Waals surface area contributed by atoms with E-state index in [2.05, 4.69) is 23.8 Å². The predicted octanol–water partition coefficient (Wildman–Crippen LogP) is 2.20. The van der Waals surface area contributed by atoms with Crippen molar-refractivity contribution in [1.82, 2.24) is 9.97 Å². The van der Waals surface area contributed by atoms with Crippen molar-refractivity contribution in [3.8, 4) is 0 Å². The van der Waals surface area contributed by atoms with E-state index < -0.39 is 0 Å².